The van der Waals surface area contributed by atoms with Gasteiger partial charge in [-0.15, -0.1) is 0 Å². The molecule has 32 heavy (non-hydrogen) atoms. The Morgan fingerprint density at radius 1 is 1.31 bits per heavy atom. The molecule has 2 unspecified atom stereocenters. The molecular formula is C23H26FN5O3. The van der Waals surface area contributed by atoms with Crippen molar-refractivity contribution in [3.05, 3.63) is 48.3 Å². The number of H-pyrrole nitrogens is 1. The van der Waals surface area contributed by atoms with E-state index in [9.17, 15) is 19.1 Å². The molecule has 3 aromatic heterocycles. The van der Waals surface area contributed by atoms with Crippen LogP contribution in [0.5, 0.6) is 0 Å². The topological polar surface area (TPSA) is 111 Å². The summed E-state index contributed by atoms with van der Waals surface area (Å²) in [6.07, 6.45) is 4.64. The van der Waals surface area contributed by atoms with Crippen molar-refractivity contribution >= 4 is 23.0 Å². The van der Waals surface area contributed by atoms with Gasteiger partial charge in [-0.1, -0.05) is 20.8 Å². The van der Waals surface area contributed by atoms with Crippen LogP contribution < -0.4 is 5.32 Å². The molecule has 0 saturated carbocycles. The first-order valence-corrected chi connectivity index (χ1v) is 10.5. The number of carboxylic acid groups (broad SMARTS) is 1. The van der Waals surface area contributed by atoms with Gasteiger partial charge >= 0.3 is 6.09 Å². The lowest BCUT2D eigenvalue weighted by molar-refractivity contribution is 0.0471. The number of rotatable bonds is 3. The minimum atomic E-state index is -0.937. The van der Waals surface area contributed by atoms with Crippen molar-refractivity contribution in [2.75, 3.05) is 6.54 Å². The van der Waals surface area contributed by atoms with Crippen LogP contribution in [-0.4, -0.2) is 55.6 Å². The molecule has 2 amide bonds. The van der Waals surface area contributed by atoms with Gasteiger partial charge in [-0.3, -0.25) is 4.79 Å². The number of pyridine rings is 2. The van der Waals surface area contributed by atoms with E-state index in [1.807, 2.05) is 20.8 Å². The van der Waals surface area contributed by atoms with Crippen LogP contribution >= 0.6 is 0 Å². The summed E-state index contributed by atoms with van der Waals surface area (Å²) >= 11 is 0. The molecule has 168 valence electrons. The van der Waals surface area contributed by atoms with Gasteiger partial charge in [-0.2, -0.15) is 4.39 Å². The lowest BCUT2D eigenvalue weighted by Gasteiger charge is -2.44. The Balaban J connectivity index is 1.57. The van der Waals surface area contributed by atoms with Crippen molar-refractivity contribution < 1.29 is 19.1 Å². The highest BCUT2D eigenvalue weighted by Crippen LogP contribution is 2.32. The van der Waals surface area contributed by atoms with Crippen LogP contribution in [-0.2, 0) is 0 Å². The number of piperidine rings is 1. The maximum absolute atomic E-state index is 14.1. The zero-order chi connectivity index (χ0) is 23.0. The standard InChI is InChI=1S/C23H26FN5O3/c1-23(2,3)18-10-14(6-8-29(18)22(31)32)28-21(30)17-12-27-20-16(17)9-13(11-26-20)15-5-4-7-25-19(15)24/h4-5,7,9,11-12,14,18H,6,8,10H2,1-3H3,(H,26,27)(H,28,30)(H,31,32). The van der Waals surface area contributed by atoms with Crippen molar-refractivity contribution in [1.29, 1.82) is 0 Å². The second-order valence-electron chi connectivity index (χ2n) is 9.22. The lowest BCUT2D eigenvalue weighted by Crippen LogP contribution is -2.56. The van der Waals surface area contributed by atoms with Gasteiger partial charge in [-0.25, -0.2) is 14.8 Å². The smallest absolute Gasteiger partial charge is 0.407 e. The third-order valence-electron chi connectivity index (χ3n) is 6.03. The molecule has 4 heterocycles. The first-order valence-electron chi connectivity index (χ1n) is 10.5. The average Bonchev–Trinajstić information content (AvgIpc) is 3.16. The molecule has 0 spiro atoms. The van der Waals surface area contributed by atoms with Gasteiger partial charge in [0.15, 0.2) is 0 Å². The van der Waals surface area contributed by atoms with Crippen molar-refractivity contribution in [3.8, 4) is 11.1 Å². The summed E-state index contributed by atoms with van der Waals surface area (Å²) in [5.41, 5.74) is 1.51. The monoisotopic (exact) mass is 439 g/mol. The molecule has 0 bridgehead atoms. The van der Waals surface area contributed by atoms with Crippen LogP contribution in [0.2, 0.25) is 0 Å². The molecule has 0 aromatic carbocycles. The molecule has 0 aliphatic carbocycles. The SMILES string of the molecule is CC(C)(C)C1CC(NC(=O)c2c[nH]c3ncc(-c4cccnc4F)cc23)CCN1C(=O)O. The van der Waals surface area contributed by atoms with Crippen LogP contribution in [0.25, 0.3) is 22.2 Å². The Hall–Kier alpha value is -3.49. The zero-order valence-electron chi connectivity index (χ0n) is 18.2. The number of hydrogen-bond donors (Lipinski definition) is 3. The Morgan fingerprint density at radius 3 is 2.78 bits per heavy atom. The highest BCUT2D eigenvalue weighted by molar-refractivity contribution is 6.06. The van der Waals surface area contributed by atoms with Gasteiger partial charge in [0, 0.05) is 53.7 Å². The molecule has 2 atom stereocenters. The van der Waals surface area contributed by atoms with Crippen molar-refractivity contribution in [1.82, 2.24) is 25.2 Å². The molecule has 1 saturated heterocycles. The fourth-order valence-electron chi connectivity index (χ4n) is 4.35. The predicted molar refractivity (Wildman–Crippen MR) is 118 cm³/mol. The zero-order valence-corrected chi connectivity index (χ0v) is 18.2. The summed E-state index contributed by atoms with van der Waals surface area (Å²) in [7, 11) is 0. The Bertz CT molecular complexity index is 1170. The maximum Gasteiger partial charge on any atom is 0.407 e. The van der Waals surface area contributed by atoms with E-state index in [1.165, 1.54) is 17.3 Å². The van der Waals surface area contributed by atoms with Crippen LogP contribution in [0.4, 0.5) is 9.18 Å². The van der Waals surface area contributed by atoms with Gasteiger partial charge in [0.1, 0.15) is 5.65 Å². The number of nitrogens with one attached hydrogen (secondary N) is 2. The first kappa shape index (κ1) is 21.7. The molecular weight excluding hydrogens is 413 g/mol. The number of aromatic nitrogens is 3. The minimum absolute atomic E-state index is 0.154. The lowest BCUT2D eigenvalue weighted by atomic mass is 9.79. The van der Waals surface area contributed by atoms with E-state index in [0.717, 1.165) is 0 Å². The van der Waals surface area contributed by atoms with Crippen molar-refractivity contribution in [2.45, 2.75) is 45.7 Å². The molecule has 1 aliphatic heterocycles. The summed E-state index contributed by atoms with van der Waals surface area (Å²) in [5.74, 6) is -0.878. The molecule has 8 nitrogen and oxygen atoms in total. The molecule has 1 aliphatic rings. The number of amides is 2. The number of halogens is 1. The van der Waals surface area contributed by atoms with Gasteiger partial charge in [0.05, 0.1) is 5.56 Å². The Morgan fingerprint density at radius 2 is 2.09 bits per heavy atom. The fraction of sp³-hybridized carbons (Fsp3) is 0.391. The molecule has 4 rings (SSSR count). The van der Waals surface area contributed by atoms with Gasteiger partial charge < -0.3 is 20.3 Å². The molecule has 0 radical (unpaired) electrons. The Labute approximate surface area is 184 Å². The van der Waals surface area contributed by atoms with E-state index < -0.39 is 12.0 Å². The van der Waals surface area contributed by atoms with Gasteiger partial charge in [0.2, 0.25) is 5.95 Å². The summed E-state index contributed by atoms with van der Waals surface area (Å²) < 4.78 is 14.1. The average molecular weight is 439 g/mol. The molecule has 3 aromatic rings. The second kappa shape index (κ2) is 8.22. The van der Waals surface area contributed by atoms with E-state index in [2.05, 4.69) is 20.3 Å². The van der Waals surface area contributed by atoms with Crippen LogP contribution in [0.3, 0.4) is 0 Å². The summed E-state index contributed by atoms with van der Waals surface area (Å²) in [4.78, 5) is 37.2. The fourth-order valence-corrected chi connectivity index (χ4v) is 4.35. The molecule has 3 N–H and O–H groups in total. The Kier molecular flexibility index (Phi) is 5.58. The van der Waals surface area contributed by atoms with E-state index in [4.69, 9.17) is 0 Å². The number of nitrogens with zero attached hydrogens (tertiary/aromatic N) is 3. The number of aromatic amines is 1. The van der Waals surface area contributed by atoms with Crippen LogP contribution in [0, 0.1) is 11.4 Å². The third kappa shape index (κ3) is 4.15. The highest BCUT2D eigenvalue weighted by atomic mass is 19.1. The van der Waals surface area contributed by atoms with E-state index in [1.54, 1.807) is 24.4 Å². The number of carbonyl (C=O) groups is 2. The van der Waals surface area contributed by atoms with Gasteiger partial charge in [-0.05, 0) is 36.5 Å². The van der Waals surface area contributed by atoms with Crippen molar-refractivity contribution in [3.63, 3.8) is 0 Å². The summed E-state index contributed by atoms with van der Waals surface area (Å²) in [6, 6.07) is 4.62. The maximum atomic E-state index is 14.1. The van der Waals surface area contributed by atoms with Crippen LogP contribution in [0.15, 0.2) is 36.8 Å². The number of likely N-dealkylation sites (tertiary alicyclic amines) is 1. The largest absolute Gasteiger partial charge is 0.465 e. The minimum Gasteiger partial charge on any atom is -0.465 e. The molecule has 1 fully saturated rings. The quantitative estimate of drug-likeness (QED) is 0.533. The normalized spacial score (nSPS) is 19.2. The summed E-state index contributed by atoms with van der Waals surface area (Å²) in [5, 5.41) is 13.2. The molecule has 9 heteroatoms. The predicted octanol–water partition coefficient (Wildman–Crippen LogP) is 4.05. The number of fused-ring (bicyclic) bond motifs is 1. The van der Waals surface area contributed by atoms with Crippen LogP contribution in [0.1, 0.15) is 44.0 Å². The van der Waals surface area contributed by atoms with E-state index in [-0.39, 0.29) is 23.4 Å². The third-order valence-corrected chi connectivity index (χ3v) is 6.03. The first-order chi connectivity index (χ1) is 15.1. The second-order valence-corrected chi connectivity index (χ2v) is 9.22. The summed E-state index contributed by atoms with van der Waals surface area (Å²) in [6.45, 7) is 6.37. The van der Waals surface area contributed by atoms with Gasteiger partial charge in [0.25, 0.3) is 5.91 Å². The number of hydrogen-bond acceptors (Lipinski definition) is 4. The van der Waals surface area contributed by atoms with E-state index >= 15 is 0 Å². The van der Waals surface area contributed by atoms with E-state index in [0.29, 0.717) is 47.1 Å². The highest BCUT2D eigenvalue weighted by Gasteiger charge is 2.39. The van der Waals surface area contributed by atoms with Crippen molar-refractivity contribution in [2.24, 2.45) is 5.41 Å². The number of carbonyl (C=O) groups excluding carboxylic acids is 1.